The number of nitrogens with zero attached hydrogens (tertiary/aromatic N) is 2. The van der Waals surface area contributed by atoms with Gasteiger partial charge in [0, 0.05) is 11.3 Å². The van der Waals surface area contributed by atoms with Gasteiger partial charge in [0.1, 0.15) is 5.82 Å². The summed E-state index contributed by atoms with van der Waals surface area (Å²) in [5.41, 5.74) is 0.786. The number of thioether (sulfide) groups is 1. The molecule has 1 aromatic carbocycles. The van der Waals surface area contributed by atoms with E-state index in [9.17, 15) is 17.6 Å². The molecule has 1 aliphatic rings. The Kier molecular flexibility index (Phi) is 6.73. The lowest BCUT2D eigenvalue weighted by Crippen LogP contribution is -2.30. The maximum atomic E-state index is 13.3. The van der Waals surface area contributed by atoms with Crippen LogP contribution in [0.4, 0.5) is 4.39 Å². The number of thiophene rings is 1. The molecule has 1 fully saturated rings. The number of benzene rings is 1. The molecular weight excluding hydrogens is 461 g/mol. The van der Waals surface area contributed by atoms with Crippen LogP contribution in [0.3, 0.4) is 0 Å². The molecule has 0 aliphatic carbocycles. The van der Waals surface area contributed by atoms with Crippen LogP contribution in [0.5, 0.6) is 0 Å². The van der Waals surface area contributed by atoms with Gasteiger partial charge in [0.2, 0.25) is 11.8 Å². The fourth-order valence-corrected chi connectivity index (χ4v) is 6.67. The zero-order valence-corrected chi connectivity index (χ0v) is 18.8. The summed E-state index contributed by atoms with van der Waals surface area (Å²) in [7, 11) is -2.95. The lowest BCUT2D eigenvalue weighted by Gasteiger charge is -2.18. The van der Waals surface area contributed by atoms with E-state index in [2.05, 4.69) is 15.5 Å². The van der Waals surface area contributed by atoms with Gasteiger partial charge >= 0.3 is 0 Å². The molecule has 1 N–H and O–H groups in total. The number of carbonyl (C=O) groups is 1. The molecule has 31 heavy (non-hydrogen) atoms. The summed E-state index contributed by atoms with van der Waals surface area (Å²) in [6.07, 6.45) is 1.02. The van der Waals surface area contributed by atoms with Crippen molar-refractivity contribution in [1.82, 2.24) is 15.5 Å². The molecule has 0 bridgehead atoms. The molecule has 3 aromatic rings. The van der Waals surface area contributed by atoms with Crippen LogP contribution in [0.15, 0.2) is 51.4 Å². The molecule has 164 valence electrons. The first-order valence-electron chi connectivity index (χ1n) is 9.62. The highest BCUT2D eigenvalue weighted by atomic mass is 32.2. The number of rotatable bonds is 8. The van der Waals surface area contributed by atoms with Crippen molar-refractivity contribution in [2.24, 2.45) is 5.92 Å². The maximum Gasteiger partial charge on any atom is 0.277 e. The quantitative estimate of drug-likeness (QED) is 0.493. The zero-order chi connectivity index (χ0) is 21.8. The van der Waals surface area contributed by atoms with E-state index >= 15 is 0 Å². The second kappa shape index (κ2) is 9.49. The van der Waals surface area contributed by atoms with Gasteiger partial charge in [-0.1, -0.05) is 30.0 Å². The van der Waals surface area contributed by atoms with E-state index in [1.54, 1.807) is 12.1 Å². The van der Waals surface area contributed by atoms with Crippen molar-refractivity contribution in [3.63, 3.8) is 0 Å². The Labute approximate surface area is 187 Å². The van der Waals surface area contributed by atoms with Gasteiger partial charge in [-0.05, 0) is 41.5 Å². The summed E-state index contributed by atoms with van der Waals surface area (Å²) in [6, 6.07) is 9.48. The molecule has 3 heterocycles. The van der Waals surface area contributed by atoms with Crippen molar-refractivity contribution in [2.45, 2.75) is 24.1 Å². The first-order chi connectivity index (χ1) is 14.9. The van der Waals surface area contributed by atoms with E-state index in [4.69, 9.17) is 4.42 Å². The van der Waals surface area contributed by atoms with Crippen molar-refractivity contribution in [3.8, 4) is 0 Å². The van der Waals surface area contributed by atoms with Gasteiger partial charge in [-0.25, -0.2) is 12.8 Å². The number of sulfone groups is 1. The monoisotopic (exact) mass is 481 g/mol. The highest BCUT2D eigenvalue weighted by Gasteiger charge is 2.29. The number of hydrogen-bond donors (Lipinski definition) is 1. The molecule has 0 radical (unpaired) electrons. The van der Waals surface area contributed by atoms with E-state index < -0.39 is 9.84 Å². The highest BCUT2D eigenvalue weighted by Crippen LogP contribution is 2.27. The lowest BCUT2D eigenvalue weighted by molar-refractivity contribution is -0.119. The zero-order valence-electron chi connectivity index (χ0n) is 16.4. The maximum absolute atomic E-state index is 13.3. The standard InChI is InChI=1S/C20H20FN3O4S3/c21-15-5-3-14(4-6-15)19(16-2-1-8-29-16)22-17(25)11-30-20-24-23-18(28-20)10-13-7-9-31(26,27)12-13/h1-6,8,13,19H,7,9-12H2,(H,22,25)/t13-,19+/m1/s1. The summed E-state index contributed by atoms with van der Waals surface area (Å²) >= 11 is 2.62. The number of aromatic nitrogens is 2. The Hall–Kier alpha value is -2.24. The highest BCUT2D eigenvalue weighted by molar-refractivity contribution is 7.99. The van der Waals surface area contributed by atoms with Crippen LogP contribution in [0.25, 0.3) is 0 Å². The first-order valence-corrected chi connectivity index (χ1v) is 13.3. The molecule has 4 rings (SSSR count). The molecular formula is C20H20FN3O4S3. The van der Waals surface area contributed by atoms with Crippen molar-refractivity contribution in [1.29, 1.82) is 0 Å². The van der Waals surface area contributed by atoms with E-state index in [1.807, 2.05) is 17.5 Å². The van der Waals surface area contributed by atoms with Crippen LogP contribution >= 0.6 is 23.1 Å². The van der Waals surface area contributed by atoms with Gasteiger partial charge in [-0.2, -0.15) is 0 Å². The van der Waals surface area contributed by atoms with E-state index in [-0.39, 0.29) is 46.2 Å². The predicted octanol–water partition coefficient (Wildman–Crippen LogP) is 3.25. The molecule has 0 saturated carbocycles. The third kappa shape index (κ3) is 5.92. The first kappa shape index (κ1) is 22.0. The molecule has 1 saturated heterocycles. The molecule has 0 unspecified atom stereocenters. The summed E-state index contributed by atoms with van der Waals surface area (Å²) in [6.45, 7) is 0. The minimum atomic E-state index is -2.95. The van der Waals surface area contributed by atoms with Crippen molar-refractivity contribution in [3.05, 3.63) is 63.9 Å². The fraction of sp³-hybridized carbons (Fsp3) is 0.350. The summed E-state index contributed by atoms with van der Waals surface area (Å²) in [5, 5.41) is 13.1. The Morgan fingerprint density at radius 1 is 1.29 bits per heavy atom. The van der Waals surface area contributed by atoms with Gasteiger partial charge in [-0.15, -0.1) is 21.5 Å². The third-order valence-corrected chi connectivity index (χ3v) is 8.49. The topological polar surface area (TPSA) is 102 Å². The third-order valence-electron chi connectivity index (χ3n) is 4.90. The average Bonchev–Trinajstić information content (AvgIpc) is 3.47. The van der Waals surface area contributed by atoms with Crippen molar-refractivity contribution >= 4 is 38.8 Å². The van der Waals surface area contributed by atoms with Gasteiger partial charge in [0.15, 0.2) is 9.84 Å². The molecule has 11 heteroatoms. The number of hydrogen-bond acceptors (Lipinski definition) is 8. The molecule has 2 atom stereocenters. The molecule has 0 spiro atoms. The van der Waals surface area contributed by atoms with Crippen molar-refractivity contribution < 1.29 is 22.0 Å². The number of amides is 1. The molecule has 2 aromatic heterocycles. The number of halogens is 1. The Balaban J connectivity index is 1.34. The van der Waals surface area contributed by atoms with Crippen molar-refractivity contribution in [2.75, 3.05) is 17.3 Å². The Bertz CT molecular complexity index is 1130. The van der Waals surface area contributed by atoms with Crippen LogP contribution in [0, 0.1) is 11.7 Å². The second-order valence-electron chi connectivity index (χ2n) is 7.29. The van der Waals surface area contributed by atoms with Crippen LogP contribution in [-0.4, -0.2) is 41.8 Å². The summed E-state index contributed by atoms with van der Waals surface area (Å²) in [4.78, 5) is 13.5. The van der Waals surface area contributed by atoms with Gasteiger partial charge in [0.05, 0.1) is 23.3 Å². The van der Waals surface area contributed by atoms with E-state index in [1.165, 1.54) is 23.5 Å². The lowest BCUT2D eigenvalue weighted by atomic mass is 10.1. The number of nitrogens with one attached hydrogen (secondary N) is 1. The Morgan fingerprint density at radius 2 is 2.10 bits per heavy atom. The largest absolute Gasteiger partial charge is 0.416 e. The fourth-order valence-electron chi connectivity index (χ4n) is 3.42. The normalized spacial score (nSPS) is 18.7. The van der Waals surface area contributed by atoms with Gasteiger partial charge < -0.3 is 9.73 Å². The average molecular weight is 482 g/mol. The van der Waals surface area contributed by atoms with E-state index in [0.29, 0.717) is 18.7 Å². The molecule has 1 amide bonds. The second-order valence-corrected chi connectivity index (χ2v) is 11.4. The summed E-state index contributed by atoms with van der Waals surface area (Å²) in [5.74, 6) is 0.234. The molecule has 1 aliphatic heterocycles. The van der Waals surface area contributed by atoms with Gasteiger partial charge in [-0.3, -0.25) is 4.79 Å². The minimum Gasteiger partial charge on any atom is -0.416 e. The van der Waals surface area contributed by atoms with Crippen LogP contribution in [0.1, 0.15) is 28.8 Å². The van der Waals surface area contributed by atoms with Gasteiger partial charge in [0.25, 0.3) is 5.22 Å². The summed E-state index contributed by atoms with van der Waals surface area (Å²) < 4.78 is 42.0. The van der Waals surface area contributed by atoms with Crippen LogP contribution in [-0.2, 0) is 21.1 Å². The SMILES string of the molecule is O=C(CSc1nnc(C[C@H]2CCS(=O)(=O)C2)o1)N[C@@H](c1ccc(F)cc1)c1cccs1. The molecule has 7 nitrogen and oxygen atoms in total. The van der Waals surface area contributed by atoms with E-state index in [0.717, 1.165) is 22.2 Å². The minimum absolute atomic E-state index is 0.00568. The predicted molar refractivity (Wildman–Crippen MR) is 116 cm³/mol. The Morgan fingerprint density at radius 3 is 2.77 bits per heavy atom. The van der Waals surface area contributed by atoms with Crippen LogP contribution < -0.4 is 5.32 Å². The van der Waals surface area contributed by atoms with Crippen LogP contribution in [0.2, 0.25) is 0 Å². The number of carbonyl (C=O) groups excluding carboxylic acids is 1. The smallest absolute Gasteiger partial charge is 0.277 e.